The van der Waals surface area contributed by atoms with Crippen molar-refractivity contribution in [2.45, 2.75) is 64.6 Å². The van der Waals surface area contributed by atoms with Gasteiger partial charge in [0.25, 0.3) is 0 Å². The van der Waals surface area contributed by atoms with Crippen LogP contribution < -0.4 is 5.32 Å². The minimum Gasteiger partial charge on any atom is -0.444 e. The quantitative estimate of drug-likeness (QED) is 0.604. The molecule has 1 amide bonds. The van der Waals surface area contributed by atoms with Crippen LogP contribution in [-0.2, 0) is 9.47 Å². The molecule has 0 radical (unpaired) electrons. The summed E-state index contributed by atoms with van der Waals surface area (Å²) >= 11 is 0. The number of terminal acetylenes is 1. The second kappa shape index (κ2) is 9.02. The van der Waals surface area contributed by atoms with E-state index < -0.39 is 5.60 Å². The number of unbranched alkanes of at least 4 members (excludes halogenated alkanes) is 1. The van der Waals surface area contributed by atoms with E-state index in [0.29, 0.717) is 25.8 Å². The van der Waals surface area contributed by atoms with Crippen molar-refractivity contribution in [2.75, 3.05) is 26.3 Å². The van der Waals surface area contributed by atoms with Crippen LogP contribution in [0.3, 0.4) is 0 Å². The van der Waals surface area contributed by atoms with Gasteiger partial charge in [-0.1, -0.05) is 0 Å². The maximum absolute atomic E-state index is 12.3. The lowest BCUT2D eigenvalue weighted by atomic mass is 10.1. The molecule has 0 saturated carbocycles. The maximum atomic E-state index is 12.3. The van der Waals surface area contributed by atoms with Gasteiger partial charge in [-0.3, -0.25) is 0 Å². The number of morpholine rings is 1. The second-order valence-electron chi connectivity index (χ2n) is 6.80. The molecule has 2 atom stereocenters. The first-order valence-electron chi connectivity index (χ1n) is 8.07. The predicted octanol–water partition coefficient (Wildman–Crippen LogP) is 2.40. The van der Waals surface area contributed by atoms with Crippen LogP contribution in [-0.4, -0.2) is 55.0 Å². The third-order valence-corrected chi connectivity index (χ3v) is 3.47. The van der Waals surface area contributed by atoms with Crippen molar-refractivity contribution in [1.82, 2.24) is 10.2 Å². The first-order valence-corrected chi connectivity index (χ1v) is 8.07. The number of hydrogen-bond acceptors (Lipinski definition) is 4. The number of carbonyl (C=O) groups is 1. The molecule has 1 saturated heterocycles. The number of hydrogen-bond donors (Lipinski definition) is 1. The Bertz CT molecular complexity index is 384. The zero-order valence-corrected chi connectivity index (χ0v) is 14.4. The highest BCUT2D eigenvalue weighted by Gasteiger charge is 2.31. The van der Waals surface area contributed by atoms with Crippen LogP contribution >= 0.6 is 0 Å². The molecule has 1 aliphatic rings. The highest BCUT2D eigenvalue weighted by Crippen LogP contribution is 2.17. The average Bonchev–Trinajstić information content (AvgIpc) is 2.42. The van der Waals surface area contributed by atoms with Crippen LogP contribution in [0.4, 0.5) is 4.79 Å². The topological polar surface area (TPSA) is 50.8 Å². The Morgan fingerprint density at radius 1 is 1.55 bits per heavy atom. The summed E-state index contributed by atoms with van der Waals surface area (Å²) in [5.74, 6) is 2.64. The zero-order valence-electron chi connectivity index (χ0n) is 14.4. The first-order chi connectivity index (χ1) is 10.3. The van der Waals surface area contributed by atoms with Gasteiger partial charge in [0.1, 0.15) is 5.60 Å². The Balaban J connectivity index is 2.47. The van der Waals surface area contributed by atoms with Crippen LogP contribution in [0, 0.1) is 12.3 Å². The van der Waals surface area contributed by atoms with Crippen molar-refractivity contribution >= 4 is 6.09 Å². The minimum absolute atomic E-state index is 0.0544. The SMILES string of the molecule is C#CCCCNC(C)CC1COCCN1C(=O)OC(C)(C)C. The van der Waals surface area contributed by atoms with Gasteiger partial charge in [-0.25, -0.2) is 4.79 Å². The Labute approximate surface area is 134 Å². The molecule has 2 unspecified atom stereocenters. The van der Waals surface area contributed by atoms with Gasteiger partial charge in [-0.15, -0.1) is 12.3 Å². The molecule has 22 heavy (non-hydrogen) atoms. The van der Waals surface area contributed by atoms with E-state index in [1.807, 2.05) is 20.8 Å². The third kappa shape index (κ3) is 7.15. The Morgan fingerprint density at radius 3 is 2.91 bits per heavy atom. The van der Waals surface area contributed by atoms with E-state index in [0.717, 1.165) is 25.8 Å². The van der Waals surface area contributed by atoms with Crippen molar-refractivity contribution < 1.29 is 14.3 Å². The molecule has 0 bridgehead atoms. The summed E-state index contributed by atoms with van der Waals surface area (Å²) < 4.78 is 11.0. The van der Waals surface area contributed by atoms with Crippen LogP contribution in [0.1, 0.15) is 47.0 Å². The summed E-state index contributed by atoms with van der Waals surface area (Å²) in [5.41, 5.74) is -0.473. The predicted molar refractivity (Wildman–Crippen MR) is 87.7 cm³/mol. The molecular formula is C17H30N2O3. The van der Waals surface area contributed by atoms with Crippen molar-refractivity contribution in [1.29, 1.82) is 0 Å². The molecule has 1 fully saturated rings. The number of nitrogens with one attached hydrogen (secondary N) is 1. The fourth-order valence-electron chi connectivity index (χ4n) is 2.44. The number of amides is 1. The van der Waals surface area contributed by atoms with Gasteiger partial charge in [0.05, 0.1) is 19.3 Å². The molecule has 0 aliphatic carbocycles. The van der Waals surface area contributed by atoms with Gasteiger partial charge in [0, 0.05) is 19.0 Å². The Hall–Kier alpha value is -1.25. The molecule has 1 heterocycles. The number of rotatable bonds is 6. The molecule has 0 spiro atoms. The molecule has 1 N–H and O–H groups in total. The fraction of sp³-hybridized carbons (Fsp3) is 0.824. The average molecular weight is 310 g/mol. The summed E-state index contributed by atoms with van der Waals surface area (Å²) in [6.45, 7) is 10.4. The molecule has 5 heteroatoms. The lowest BCUT2D eigenvalue weighted by Gasteiger charge is -2.37. The van der Waals surface area contributed by atoms with Gasteiger partial charge in [0.2, 0.25) is 0 Å². The summed E-state index contributed by atoms with van der Waals surface area (Å²) in [4.78, 5) is 14.1. The van der Waals surface area contributed by atoms with Gasteiger partial charge >= 0.3 is 6.09 Å². The number of ether oxygens (including phenoxy) is 2. The molecule has 0 aromatic heterocycles. The second-order valence-corrected chi connectivity index (χ2v) is 6.80. The van der Waals surface area contributed by atoms with Crippen LogP contribution in [0.2, 0.25) is 0 Å². The Morgan fingerprint density at radius 2 is 2.27 bits per heavy atom. The largest absolute Gasteiger partial charge is 0.444 e. The monoisotopic (exact) mass is 310 g/mol. The minimum atomic E-state index is -0.473. The van der Waals surface area contributed by atoms with E-state index in [1.165, 1.54) is 0 Å². The summed E-state index contributed by atoms with van der Waals surface area (Å²) in [6, 6.07) is 0.355. The van der Waals surface area contributed by atoms with Crippen LogP contribution in [0.5, 0.6) is 0 Å². The van der Waals surface area contributed by atoms with Gasteiger partial charge in [0.15, 0.2) is 0 Å². The molecule has 0 aromatic rings. The molecular weight excluding hydrogens is 280 g/mol. The van der Waals surface area contributed by atoms with Crippen molar-refractivity contribution in [3.8, 4) is 12.3 Å². The number of nitrogens with zero attached hydrogens (tertiary/aromatic N) is 1. The normalized spacial score (nSPS) is 20.3. The summed E-state index contributed by atoms with van der Waals surface area (Å²) in [6.07, 6.45) is 7.60. The zero-order chi connectivity index (χ0) is 16.6. The standard InChI is InChI=1S/C17H30N2O3/c1-6-7-8-9-18-14(2)12-15-13-21-11-10-19(15)16(20)22-17(3,4)5/h1,14-15,18H,7-13H2,2-5H3. The van der Waals surface area contributed by atoms with E-state index in [9.17, 15) is 4.79 Å². The van der Waals surface area contributed by atoms with E-state index in [4.69, 9.17) is 15.9 Å². The summed E-state index contributed by atoms with van der Waals surface area (Å²) in [5, 5.41) is 3.44. The van der Waals surface area contributed by atoms with Gasteiger partial charge in [-0.2, -0.15) is 0 Å². The first kappa shape index (κ1) is 18.8. The molecule has 0 aromatic carbocycles. The van der Waals surface area contributed by atoms with Crippen molar-refractivity contribution in [3.63, 3.8) is 0 Å². The fourth-order valence-corrected chi connectivity index (χ4v) is 2.44. The number of carbonyl (C=O) groups excluding carboxylic acids is 1. The maximum Gasteiger partial charge on any atom is 0.410 e. The smallest absolute Gasteiger partial charge is 0.410 e. The van der Waals surface area contributed by atoms with Crippen LogP contribution in [0.15, 0.2) is 0 Å². The van der Waals surface area contributed by atoms with E-state index in [-0.39, 0.29) is 12.1 Å². The molecule has 1 rings (SSSR count). The summed E-state index contributed by atoms with van der Waals surface area (Å²) in [7, 11) is 0. The van der Waals surface area contributed by atoms with Crippen LogP contribution in [0.25, 0.3) is 0 Å². The van der Waals surface area contributed by atoms with Gasteiger partial charge < -0.3 is 19.7 Å². The van der Waals surface area contributed by atoms with Crippen molar-refractivity contribution in [2.24, 2.45) is 0 Å². The third-order valence-electron chi connectivity index (χ3n) is 3.47. The molecule has 5 nitrogen and oxygen atoms in total. The molecule has 126 valence electrons. The van der Waals surface area contributed by atoms with E-state index >= 15 is 0 Å². The highest BCUT2D eigenvalue weighted by molar-refractivity contribution is 5.68. The Kier molecular flexibility index (Phi) is 7.70. The lowest BCUT2D eigenvalue weighted by Crippen LogP contribution is -2.52. The van der Waals surface area contributed by atoms with Gasteiger partial charge in [-0.05, 0) is 47.1 Å². The van der Waals surface area contributed by atoms with E-state index in [2.05, 4.69) is 18.2 Å². The van der Waals surface area contributed by atoms with Crippen molar-refractivity contribution in [3.05, 3.63) is 0 Å². The lowest BCUT2D eigenvalue weighted by molar-refractivity contribution is -0.0355. The van der Waals surface area contributed by atoms with E-state index in [1.54, 1.807) is 4.90 Å². The molecule has 1 aliphatic heterocycles. The highest BCUT2D eigenvalue weighted by atomic mass is 16.6.